The van der Waals surface area contributed by atoms with Crippen LogP contribution in [0.3, 0.4) is 0 Å². The molecule has 1 aromatic rings. The van der Waals surface area contributed by atoms with Crippen LogP contribution in [0.5, 0.6) is 5.75 Å². The molecule has 1 aromatic carbocycles. The normalized spacial score (nSPS) is 15.7. The van der Waals surface area contributed by atoms with Gasteiger partial charge in [-0.25, -0.2) is 0 Å². The van der Waals surface area contributed by atoms with E-state index in [0.29, 0.717) is 6.42 Å². The predicted octanol–water partition coefficient (Wildman–Crippen LogP) is 2.39. The van der Waals surface area contributed by atoms with Crippen molar-refractivity contribution in [2.45, 2.75) is 45.3 Å². The van der Waals surface area contributed by atoms with Gasteiger partial charge in [0.1, 0.15) is 5.75 Å². The summed E-state index contributed by atoms with van der Waals surface area (Å²) in [5.74, 6) is 1.00. The van der Waals surface area contributed by atoms with Gasteiger partial charge in [0, 0.05) is 19.1 Å². The first-order valence-corrected chi connectivity index (χ1v) is 7.33. The van der Waals surface area contributed by atoms with E-state index in [1.165, 1.54) is 0 Å². The average Bonchev–Trinajstić information content (AvgIpc) is 2.39. The third-order valence-electron chi connectivity index (χ3n) is 3.52. The Hall–Kier alpha value is -1.26. The maximum absolute atomic E-state index is 12.3. The summed E-state index contributed by atoms with van der Waals surface area (Å²) in [6.45, 7) is 5.55. The van der Waals surface area contributed by atoms with Crippen LogP contribution in [0.2, 0.25) is 0 Å². The van der Waals surface area contributed by atoms with Gasteiger partial charge in [0.25, 0.3) is 0 Å². The molecule has 1 aliphatic rings. The van der Waals surface area contributed by atoms with E-state index in [2.05, 4.69) is 0 Å². The summed E-state index contributed by atoms with van der Waals surface area (Å²) in [6.07, 6.45) is 2.39. The summed E-state index contributed by atoms with van der Waals surface area (Å²) in [6, 6.07) is 8.04. The van der Waals surface area contributed by atoms with Crippen LogP contribution in [0.4, 0.5) is 0 Å². The monoisotopic (exact) mass is 312 g/mol. The van der Waals surface area contributed by atoms with Crippen LogP contribution in [-0.2, 0) is 11.2 Å². The number of hydrogen-bond donors (Lipinski definition) is 1. The van der Waals surface area contributed by atoms with Gasteiger partial charge in [0.05, 0.1) is 12.5 Å². The zero-order chi connectivity index (χ0) is 14.5. The topological polar surface area (TPSA) is 55.6 Å². The summed E-state index contributed by atoms with van der Waals surface area (Å²) in [5.41, 5.74) is 6.86. The molecule has 118 valence electrons. The molecule has 0 aromatic heterocycles. The van der Waals surface area contributed by atoms with E-state index in [1.54, 1.807) is 0 Å². The van der Waals surface area contributed by atoms with Gasteiger partial charge >= 0.3 is 0 Å². The SMILES string of the molecule is CC(C)Oc1cccc(CC(=O)N2CCC(N)CC2)c1.Cl. The van der Waals surface area contributed by atoms with Crippen LogP contribution in [-0.4, -0.2) is 36.0 Å². The van der Waals surface area contributed by atoms with E-state index in [1.807, 2.05) is 43.0 Å². The summed E-state index contributed by atoms with van der Waals surface area (Å²) < 4.78 is 5.65. The van der Waals surface area contributed by atoms with Crippen molar-refractivity contribution in [3.8, 4) is 5.75 Å². The van der Waals surface area contributed by atoms with E-state index in [0.717, 1.165) is 37.2 Å². The second kappa shape index (κ2) is 8.25. The van der Waals surface area contributed by atoms with Crippen LogP contribution in [0, 0.1) is 0 Å². The van der Waals surface area contributed by atoms with Crippen LogP contribution >= 0.6 is 12.4 Å². The molecule has 1 fully saturated rings. The van der Waals surface area contributed by atoms with Gasteiger partial charge in [-0.1, -0.05) is 12.1 Å². The lowest BCUT2D eigenvalue weighted by molar-refractivity contribution is -0.131. The first kappa shape index (κ1) is 17.8. The van der Waals surface area contributed by atoms with E-state index in [4.69, 9.17) is 10.5 Å². The van der Waals surface area contributed by atoms with Gasteiger partial charge in [0.15, 0.2) is 0 Å². The fourth-order valence-electron chi connectivity index (χ4n) is 2.44. The second-order valence-electron chi connectivity index (χ2n) is 5.71. The molecular weight excluding hydrogens is 288 g/mol. The highest BCUT2D eigenvalue weighted by Crippen LogP contribution is 2.17. The van der Waals surface area contributed by atoms with Crippen LogP contribution in [0.15, 0.2) is 24.3 Å². The molecule has 0 atom stereocenters. The van der Waals surface area contributed by atoms with E-state index >= 15 is 0 Å². The molecule has 0 radical (unpaired) electrons. The number of carbonyl (C=O) groups excluding carboxylic acids is 1. The number of nitrogens with zero attached hydrogens (tertiary/aromatic N) is 1. The minimum atomic E-state index is 0. The number of halogens is 1. The number of benzene rings is 1. The van der Waals surface area contributed by atoms with Crippen LogP contribution < -0.4 is 10.5 Å². The second-order valence-corrected chi connectivity index (χ2v) is 5.71. The Balaban J connectivity index is 0.00000220. The van der Waals surface area contributed by atoms with E-state index in [9.17, 15) is 4.79 Å². The molecule has 0 unspecified atom stereocenters. The van der Waals surface area contributed by atoms with Crippen molar-refractivity contribution < 1.29 is 9.53 Å². The molecule has 4 nitrogen and oxygen atoms in total. The number of likely N-dealkylation sites (tertiary alicyclic amines) is 1. The smallest absolute Gasteiger partial charge is 0.226 e. The lowest BCUT2D eigenvalue weighted by Gasteiger charge is -2.30. The van der Waals surface area contributed by atoms with Crippen LogP contribution in [0.25, 0.3) is 0 Å². The molecule has 1 heterocycles. The number of ether oxygens (including phenoxy) is 1. The number of carbonyl (C=O) groups is 1. The van der Waals surface area contributed by atoms with Gasteiger partial charge in [-0.2, -0.15) is 0 Å². The van der Waals surface area contributed by atoms with Crippen molar-refractivity contribution in [3.05, 3.63) is 29.8 Å². The lowest BCUT2D eigenvalue weighted by atomic mass is 10.0. The number of amides is 1. The maximum Gasteiger partial charge on any atom is 0.226 e. The minimum Gasteiger partial charge on any atom is -0.491 e. The minimum absolute atomic E-state index is 0. The number of nitrogens with two attached hydrogens (primary N) is 1. The Kier molecular flexibility index (Phi) is 6.99. The highest BCUT2D eigenvalue weighted by molar-refractivity contribution is 5.85. The van der Waals surface area contributed by atoms with Crippen molar-refractivity contribution >= 4 is 18.3 Å². The lowest BCUT2D eigenvalue weighted by Crippen LogP contribution is -2.43. The third kappa shape index (κ3) is 5.56. The van der Waals surface area contributed by atoms with Gasteiger partial charge in [0.2, 0.25) is 5.91 Å². The molecule has 1 aliphatic heterocycles. The molecule has 2 N–H and O–H groups in total. The van der Waals surface area contributed by atoms with Gasteiger partial charge < -0.3 is 15.4 Å². The van der Waals surface area contributed by atoms with Crippen LogP contribution in [0.1, 0.15) is 32.3 Å². The highest BCUT2D eigenvalue weighted by Gasteiger charge is 2.20. The zero-order valence-corrected chi connectivity index (χ0v) is 13.6. The third-order valence-corrected chi connectivity index (χ3v) is 3.52. The molecule has 0 bridgehead atoms. The Morgan fingerprint density at radius 1 is 1.38 bits per heavy atom. The molecule has 0 aliphatic carbocycles. The standard InChI is InChI=1S/C16H24N2O2.ClH/c1-12(2)20-15-5-3-4-13(10-15)11-16(19)18-8-6-14(17)7-9-18;/h3-5,10,12,14H,6-9,11,17H2,1-2H3;1H. The van der Waals surface area contributed by atoms with Gasteiger partial charge in [-0.15, -0.1) is 12.4 Å². The zero-order valence-electron chi connectivity index (χ0n) is 12.7. The fraction of sp³-hybridized carbons (Fsp3) is 0.562. The maximum atomic E-state index is 12.3. The first-order valence-electron chi connectivity index (χ1n) is 7.33. The average molecular weight is 313 g/mol. The molecular formula is C16H25ClN2O2. The molecule has 5 heteroatoms. The fourth-order valence-corrected chi connectivity index (χ4v) is 2.44. The largest absolute Gasteiger partial charge is 0.491 e. The Morgan fingerprint density at radius 2 is 2.05 bits per heavy atom. The predicted molar refractivity (Wildman–Crippen MR) is 86.9 cm³/mol. The Bertz CT molecular complexity index is 457. The Labute approximate surface area is 133 Å². The highest BCUT2D eigenvalue weighted by atomic mass is 35.5. The van der Waals surface area contributed by atoms with Gasteiger partial charge in [-0.3, -0.25) is 4.79 Å². The number of rotatable bonds is 4. The molecule has 1 amide bonds. The van der Waals surface area contributed by atoms with Crippen molar-refractivity contribution in [2.75, 3.05) is 13.1 Å². The quantitative estimate of drug-likeness (QED) is 0.928. The van der Waals surface area contributed by atoms with E-state index in [-0.39, 0.29) is 30.5 Å². The molecule has 21 heavy (non-hydrogen) atoms. The van der Waals surface area contributed by atoms with Gasteiger partial charge in [-0.05, 0) is 44.4 Å². The van der Waals surface area contributed by atoms with Crippen molar-refractivity contribution in [3.63, 3.8) is 0 Å². The summed E-state index contributed by atoms with van der Waals surface area (Å²) in [7, 11) is 0. The number of hydrogen-bond acceptors (Lipinski definition) is 3. The van der Waals surface area contributed by atoms with Crippen molar-refractivity contribution in [1.29, 1.82) is 0 Å². The van der Waals surface area contributed by atoms with Crippen molar-refractivity contribution in [1.82, 2.24) is 4.90 Å². The summed E-state index contributed by atoms with van der Waals surface area (Å²) >= 11 is 0. The number of piperidine rings is 1. The van der Waals surface area contributed by atoms with Crippen molar-refractivity contribution in [2.24, 2.45) is 5.73 Å². The van der Waals surface area contributed by atoms with E-state index < -0.39 is 0 Å². The molecule has 1 saturated heterocycles. The molecule has 2 rings (SSSR count). The Morgan fingerprint density at radius 3 is 2.67 bits per heavy atom. The summed E-state index contributed by atoms with van der Waals surface area (Å²) in [4.78, 5) is 14.2. The molecule has 0 saturated carbocycles. The first-order chi connectivity index (χ1) is 9.54. The molecule has 0 spiro atoms. The summed E-state index contributed by atoms with van der Waals surface area (Å²) in [5, 5.41) is 0.